The summed E-state index contributed by atoms with van der Waals surface area (Å²) in [5, 5.41) is 18.3. The lowest BCUT2D eigenvalue weighted by atomic mass is 10.2. The van der Waals surface area contributed by atoms with Crippen molar-refractivity contribution in [3.05, 3.63) is 23.8 Å². The fourth-order valence-electron chi connectivity index (χ4n) is 1.01. The molecule has 0 aliphatic carbocycles. The van der Waals surface area contributed by atoms with E-state index in [-0.39, 0.29) is 23.2 Å². The molecule has 6 N–H and O–H groups in total. The fourth-order valence-corrected chi connectivity index (χ4v) is 1.49. The van der Waals surface area contributed by atoms with Gasteiger partial charge in [-0.2, -0.15) is 0 Å². The molecule has 0 aliphatic heterocycles. The number of hydrogen-bond acceptors (Lipinski definition) is 6. The predicted octanol–water partition coefficient (Wildman–Crippen LogP) is 0.313. The SMILES string of the molecule is COc1cc(C(O)S(=O)(=O)[O-])ccc1O.[NH4+]. The van der Waals surface area contributed by atoms with Gasteiger partial charge in [-0.05, 0) is 17.7 Å². The fraction of sp³-hybridized carbons (Fsp3) is 0.250. The molecule has 0 saturated heterocycles. The molecule has 0 amide bonds. The summed E-state index contributed by atoms with van der Waals surface area (Å²) >= 11 is 0. The Balaban J connectivity index is 0.00000225. The van der Waals surface area contributed by atoms with Crippen molar-refractivity contribution in [3.63, 3.8) is 0 Å². The maximum atomic E-state index is 10.5. The normalized spacial score (nSPS) is 12.7. The third kappa shape index (κ3) is 3.07. The highest BCUT2D eigenvalue weighted by atomic mass is 32.2. The first-order chi connectivity index (χ1) is 6.86. The lowest BCUT2D eigenvalue weighted by molar-refractivity contribution is 0.235. The summed E-state index contributed by atoms with van der Waals surface area (Å²) in [6.45, 7) is 0. The van der Waals surface area contributed by atoms with Crippen LogP contribution in [0, 0.1) is 0 Å². The summed E-state index contributed by atoms with van der Waals surface area (Å²) in [5.41, 5.74) is -2.31. The van der Waals surface area contributed by atoms with Crippen LogP contribution < -0.4 is 10.9 Å². The second kappa shape index (κ2) is 5.12. The molecule has 1 aromatic carbocycles. The number of aliphatic hydroxyl groups is 1. The minimum Gasteiger partial charge on any atom is -0.746 e. The zero-order chi connectivity index (χ0) is 11.6. The number of phenols is 1. The van der Waals surface area contributed by atoms with Gasteiger partial charge in [-0.1, -0.05) is 6.07 Å². The smallest absolute Gasteiger partial charge is 0.168 e. The van der Waals surface area contributed by atoms with Gasteiger partial charge in [0.25, 0.3) is 0 Å². The zero-order valence-electron chi connectivity index (χ0n) is 8.75. The summed E-state index contributed by atoms with van der Waals surface area (Å²) in [4.78, 5) is 0. The number of aliphatic hydroxyl groups excluding tert-OH is 1. The Morgan fingerprint density at radius 1 is 1.44 bits per heavy atom. The van der Waals surface area contributed by atoms with Crippen molar-refractivity contribution in [3.8, 4) is 11.5 Å². The van der Waals surface area contributed by atoms with Crippen LogP contribution in [0.15, 0.2) is 18.2 Å². The van der Waals surface area contributed by atoms with Crippen LogP contribution >= 0.6 is 0 Å². The quantitative estimate of drug-likeness (QED) is 0.659. The number of rotatable bonds is 3. The summed E-state index contributed by atoms with van der Waals surface area (Å²) in [6.07, 6.45) is 0. The molecule has 0 heterocycles. The average Bonchev–Trinajstić information content (AvgIpc) is 2.16. The van der Waals surface area contributed by atoms with Crippen LogP contribution in [0.5, 0.6) is 11.5 Å². The van der Waals surface area contributed by atoms with Gasteiger partial charge in [-0.15, -0.1) is 0 Å². The minimum absolute atomic E-state index is 0. The molecule has 0 aromatic heterocycles. The maximum absolute atomic E-state index is 10.5. The summed E-state index contributed by atoms with van der Waals surface area (Å²) in [7, 11) is -3.56. The second-order valence-corrected chi connectivity index (χ2v) is 4.21. The molecule has 92 valence electrons. The van der Waals surface area contributed by atoms with Gasteiger partial charge in [-0.3, -0.25) is 0 Å². The van der Waals surface area contributed by atoms with E-state index in [0.29, 0.717) is 0 Å². The number of benzene rings is 1. The summed E-state index contributed by atoms with van der Waals surface area (Å²) in [5.74, 6) is -0.230. The van der Waals surface area contributed by atoms with Gasteiger partial charge < -0.3 is 25.7 Å². The number of aromatic hydroxyl groups is 1. The predicted molar refractivity (Wildman–Crippen MR) is 55.3 cm³/mol. The standard InChI is InChI=1S/C8H10O6S.H3N/c1-14-7-4-5(2-3-6(7)9)8(10)15(11,12)13;/h2-4,8-10H,1H3,(H,11,12,13);1H3. The Morgan fingerprint density at radius 2 is 2.00 bits per heavy atom. The van der Waals surface area contributed by atoms with Crippen LogP contribution in [-0.4, -0.2) is 30.3 Å². The van der Waals surface area contributed by atoms with E-state index in [2.05, 4.69) is 0 Å². The van der Waals surface area contributed by atoms with E-state index in [0.717, 1.165) is 18.2 Å². The molecule has 8 heteroatoms. The van der Waals surface area contributed by atoms with E-state index in [4.69, 9.17) is 9.84 Å². The molecule has 0 spiro atoms. The molecule has 0 radical (unpaired) electrons. The minimum atomic E-state index is -4.83. The Morgan fingerprint density at radius 3 is 2.44 bits per heavy atom. The topological polar surface area (TPSA) is 143 Å². The largest absolute Gasteiger partial charge is 0.746 e. The number of methoxy groups -OCH3 is 1. The molecule has 7 nitrogen and oxygen atoms in total. The van der Waals surface area contributed by atoms with Crippen molar-refractivity contribution >= 4 is 10.1 Å². The van der Waals surface area contributed by atoms with Crippen molar-refractivity contribution in [1.29, 1.82) is 0 Å². The van der Waals surface area contributed by atoms with Crippen molar-refractivity contribution in [2.75, 3.05) is 7.11 Å². The van der Waals surface area contributed by atoms with Crippen LogP contribution in [0.3, 0.4) is 0 Å². The Labute approximate surface area is 92.6 Å². The zero-order valence-corrected chi connectivity index (χ0v) is 9.56. The number of hydrogen-bond donors (Lipinski definition) is 3. The maximum Gasteiger partial charge on any atom is 0.168 e. The van der Waals surface area contributed by atoms with Gasteiger partial charge in [0.1, 0.15) is 10.1 Å². The van der Waals surface area contributed by atoms with Crippen molar-refractivity contribution < 1.29 is 27.9 Å². The van der Waals surface area contributed by atoms with Crippen LogP contribution in [0.25, 0.3) is 0 Å². The second-order valence-electron chi connectivity index (χ2n) is 2.78. The van der Waals surface area contributed by atoms with Crippen molar-refractivity contribution in [2.24, 2.45) is 0 Å². The van der Waals surface area contributed by atoms with E-state index in [1.807, 2.05) is 0 Å². The van der Waals surface area contributed by atoms with Gasteiger partial charge in [-0.25, -0.2) is 8.42 Å². The highest BCUT2D eigenvalue weighted by molar-refractivity contribution is 7.85. The summed E-state index contributed by atoms with van der Waals surface area (Å²) < 4.78 is 36.2. The molecule has 0 saturated carbocycles. The molecular formula is C8H13NO6S. The summed E-state index contributed by atoms with van der Waals surface area (Å²) in [6, 6.07) is 3.33. The Bertz CT molecular complexity index is 458. The average molecular weight is 251 g/mol. The Hall–Kier alpha value is -1.35. The van der Waals surface area contributed by atoms with Gasteiger partial charge in [0.2, 0.25) is 0 Å². The van der Waals surface area contributed by atoms with Crippen LogP contribution in [0.4, 0.5) is 0 Å². The first-order valence-corrected chi connectivity index (χ1v) is 5.33. The third-order valence-corrected chi connectivity index (χ3v) is 2.58. The Kier molecular flexibility index (Phi) is 4.69. The molecule has 16 heavy (non-hydrogen) atoms. The molecule has 1 aromatic rings. The highest BCUT2D eigenvalue weighted by Crippen LogP contribution is 2.30. The van der Waals surface area contributed by atoms with Gasteiger partial charge >= 0.3 is 0 Å². The van der Waals surface area contributed by atoms with Crippen molar-refractivity contribution in [1.82, 2.24) is 6.15 Å². The van der Waals surface area contributed by atoms with Crippen LogP contribution in [-0.2, 0) is 10.1 Å². The molecule has 0 bridgehead atoms. The van der Waals surface area contributed by atoms with Gasteiger partial charge in [0.05, 0.1) is 7.11 Å². The number of ether oxygens (including phenoxy) is 1. The molecule has 0 fully saturated rings. The van der Waals surface area contributed by atoms with E-state index >= 15 is 0 Å². The lowest BCUT2D eigenvalue weighted by Crippen LogP contribution is -2.11. The van der Waals surface area contributed by atoms with E-state index < -0.39 is 15.6 Å². The lowest BCUT2D eigenvalue weighted by Gasteiger charge is -2.16. The van der Waals surface area contributed by atoms with Gasteiger partial charge in [0, 0.05) is 0 Å². The van der Waals surface area contributed by atoms with E-state index in [9.17, 15) is 18.1 Å². The van der Waals surface area contributed by atoms with E-state index in [1.165, 1.54) is 7.11 Å². The molecule has 1 unspecified atom stereocenters. The first kappa shape index (κ1) is 14.6. The molecule has 1 rings (SSSR count). The highest BCUT2D eigenvalue weighted by Gasteiger charge is 2.16. The molecule has 0 aliphatic rings. The molecule has 1 atom stereocenters. The van der Waals surface area contributed by atoms with Gasteiger partial charge in [0.15, 0.2) is 16.9 Å². The monoisotopic (exact) mass is 251 g/mol. The van der Waals surface area contributed by atoms with Crippen LogP contribution in [0.2, 0.25) is 0 Å². The molecular weight excluding hydrogens is 238 g/mol. The third-order valence-electron chi connectivity index (χ3n) is 1.76. The van der Waals surface area contributed by atoms with Crippen LogP contribution in [0.1, 0.15) is 11.0 Å². The van der Waals surface area contributed by atoms with E-state index in [1.54, 1.807) is 0 Å². The first-order valence-electron chi connectivity index (χ1n) is 3.86. The number of quaternary nitrogens is 1. The van der Waals surface area contributed by atoms with Crippen molar-refractivity contribution in [2.45, 2.75) is 5.44 Å². The number of phenolic OH excluding ortho intramolecular Hbond substituents is 1.